The van der Waals surface area contributed by atoms with Crippen LogP contribution in [0.25, 0.3) is 0 Å². The van der Waals surface area contributed by atoms with Crippen LogP contribution in [0.3, 0.4) is 0 Å². The summed E-state index contributed by atoms with van der Waals surface area (Å²) in [5.74, 6) is 0.641. The van der Waals surface area contributed by atoms with Crippen molar-refractivity contribution in [2.24, 2.45) is 17.8 Å². The first-order valence-electron chi connectivity index (χ1n) is 8.96. The van der Waals surface area contributed by atoms with Gasteiger partial charge in [0.15, 0.2) is 6.29 Å². The van der Waals surface area contributed by atoms with Crippen LogP contribution >= 0.6 is 0 Å². The number of ether oxygens (including phenoxy) is 2. The van der Waals surface area contributed by atoms with E-state index in [2.05, 4.69) is 19.1 Å². The van der Waals surface area contributed by atoms with Crippen molar-refractivity contribution in [3.05, 3.63) is 47.5 Å². The second kappa shape index (κ2) is 8.21. The summed E-state index contributed by atoms with van der Waals surface area (Å²) in [6, 6.07) is 3.42. The number of rotatable bonds is 4. The van der Waals surface area contributed by atoms with E-state index >= 15 is 0 Å². The van der Waals surface area contributed by atoms with Crippen LogP contribution < -0.4 is 0 Å². The molecule has 0 aromatic heterocycles. The first-order chi connectivity index (χ1) is 11.7. The Bertz CT molecular complexity index is 537. The molecule has 2 fully saturated rings. The molecule has 1 aliphatic heterocycles. The lowest BCUT2D eigenvalue weighted by Gasteiger charge is -2.37. The maximum Gasteiger partial charge on any atom is 0.184 e. The summed E-state index contributed by atoms with van der Waals surface area (Å²) in [5, 5.41) is 0. The molecule has 0 spiro atoms. The molecule has 0 unspecified atom stereocenters. The highest BCUT2D eigenvalue weighted by Crippen LogP contribution is 2.38. The van der Waals surface area contributed by atoms with Gasteiger partial charge >= 0.3 is 0 Å². The molecule has 0 amide bonds. The molecule has 1 aliphatic carbocycles. The predicted molar refractivity (Wildman–Crippen MR) is 89.4 cm³/mol. The van der Waals surface area contributed by atoms with E-state index < -0.39 is 17.9 Å². The Morgan fingerprint density at radius 1 is 0.958 bits per heavy atom. The molecule has 1 heterocycles. The third-order valence-electron chi connectivity index (χ3n) is 5.34. The first-order valence-corrected chi connectivity index (χ1v) is 8.96. The van der Waals surface area contributed by atoms with Gasteiger partial charge in [-0.05, 0) is 63.0 Å². The fraction of sp³-hybridized carbons (Fsp3) is 0.600. The van der Waals surface area contributed by atoms with E-state index in [4.69, 9.17) is 9.47 Å². The average molecular weight is 336 g/mol. The number of benzene rings is 1. The highest BCUT2D eigenvalue weighted by Gasteiger charge is 2.32. The maximum atomic E-state index is 13.3. The third-order valence-corrected chi connectivity index (χ3v) is 5.34. The number of halogens is 2. The molecule has 132 valence electrons. The Kier molecular flexibility index (Phi) is 6.01. The summed E-state index contributed by atoms with van der Waals surface area (Å²) in [6.45, 7) is 3.28. The minimum absolute atomic E-state index is 0.391. The summed E-state index contributed by atoms with van der Waals surface area (Å²) < 4.78 is 38.2. The topological polar surface area (TPSA) is 18.5 Å². The standard InChI is InChI=1S/C20H26F2O2/c1-2-3-4-14-5-7-15(8-6-14)17-12-23-20(24-13-17)16-9-18(21)11-19(22)10-16/h2-3,9-11,14-15,17,20H,4-8,12-13H2,1H3. The van der Waals surface area contributed by atoms with Gasteiger partial charge in [0.2, 0.25) is 0 Å². The van der Waals surface area contributed by atoms with Gasteiger partial charge in [0.1, 0.15) is 11.6 Å². The first kappa shape index (κ1) is 17.6. The minimum atomic E-state index is -0.655. The molecule has 0 atom stereocenters. The third kappa shape index (κ3) is 4.42. The molecule has 2 nitrogen and oxygen atoms in total. The molecule has 1 saturated heterocycles. The monoisotopic (exact) mass is 336 g/mol. The molecule has 0 radical (unpaired) electrons. The van der Waals surface area contributed by atoms with Gasteiger partial charge in [-0.2, -0.15) is 0 Å². The predicted octanol–water partition coefficient (Wildman–Crippen LogP) is 5.40. The van der Waals surface area contributed by atoms with Gasteiger partial charge in [0, 0.05) is 17.5 Å². The van der Waals surface area contributed by atoms with E-state index in [0.29, 0.717) is 30.6 Å². The quantitative estimate of drug-likeness (QED) is 0.686. The normalized spacial score (nSPS) is 31.5. The summed E-state index contributed by atoms with van der Waals surface area (Å²) in [6.07, 6.45) is 9.91. The van der Waals surface area contributed by atoms with Crippen LogP contribution in [0.4, 0.5) is 8.78 Å². The van der Waals surface area contributed by atoms with Crippen molar-refractivity contribution < 1.29 is 18.3 Å². The second-order valence-electron chi connectivity index (χ2n) is 7.05. The van der Waals surface area contributed by atoms with Crippen molar-refractivity contribution in [3.8, 4) is 0 Å². The lowest BCUT2D eigenvalue weighted by Crippen LogP contribution is -2.34. The van der Waals surface area contributed by atoms with Crippen molar-refractivity contribution in [1.82, 2.24) is 0 Å². The Morgan fingerprint density at radius 3 is 2.17 bits per heavy atom. The molecule has 0 N–H and O–H groups in total. The molecule has 3 rings (SSSR count). The largest absolute Gasteiger partial charge is 0.348 e. The van der Waals surface area contributed by atoms with E-state index in [9.17, 15) is 8.78 Å². The van der Waals surface area contributed by atoms with Crippen LogP contribution in [0, 0.1) is 29.4 Å². The summed E-state index contributed by atoms with van der Waals surface area (Å²) in [4.78, 5) is 0. The highest BCUT2D eigenvalue weighted by atomic mass is 19.1. The second-order valence-corrected chi connectivity index (χ2v) is 7.05. The number of hydrogen-bond acceptors (Lipinski definition) is 2. The van der Waals surface area contributed by atoms with E-state index in [-0.39, 0.29) is 0 Å². The lowest BCUT2D eigenvalue weighted by molar-refractivity contribution is -0.215. The zero-order valence-corrected chi connectivity index (χ0v) is 14.2. The molecular weight excluding hydrogens is 310 g/mol. The molecule has 1 saturated carbocycles. The SMILES string of the molecule is CC=CCC1CCC(C2COC(c3cc(F)cc(F)c3)OC2)CC1. The van der Waals surface area contributed by atoms with E-state index in [0.717, 1.165) is 12.0 Å². The minimum Gasteiger partial charge on any atom is -0.348 e. The average Bonchev–Trinajstić information content (AvgIpc) is 2.60. The Labute approximate surface area is 142 Å². The number of hydrogen-bond donors (Lipinski definition) is 0. The summed E-state index contributed by atoms with van der Waals surface area (Å²) in [5.41, 5.74) is 0.418. The molecule has 24 heavy (non-hydrogen) atoms. The van der Waals surface area contributed by atoms with Gasteiger partial charge in [-0.25, -0.2) is 8.78 Å². The van der Waals surface area contributed by atoms with Crippen LogP contribution in [0.2, 0.25) is 0 Å². The van der Waals surface area contributed by atoms with Gasteiger partial charge in [0.05, 0.1) is 13.2 Å². The Morgan fingerprint density at radius 2 is 1.58 bits per heavy atom. The molecule has 1 aromatic carbocycles. The van der Waals surface area contributed by atoms with Crippen molar-refractivity contribution >= 4 is 0 Å². The number of allylic oxidation sites excluding steroid dienone is 2. The van der Waals surface area contributed by atoms with E-state index in [1.54, 1.807) is 0 Å². The smallest absolute Gasteiger partial charge is 0.184 e. The Balaban J connectivity index is 1.49. The fourth-order valence-corrected chi connectivity index (χ4v) is 3.92. The van der Waals surface area contributed by atoms with Gasteiger partial charge < -0.3 is 9.47 Å². The zero-order valence-electron chi connectivity index (χ0n) is 14.2. The van der Waals surface area contributed by atoms with E-state index in [1.165, 1.54) is 44.2 Å². The lowest BCUT2D eigenvalue weighted by atomic mass is 9.75. The van der Waals surface area contributed by atoms with Crippen LogP contribution in [0.1, 0.15) is 50.9 Å². The van der Waals surface area contributed by atoms with Crippen LogP contribution in [-0.4, -0.2) is 13.2 Å². The van der Waals surface area contributed by atoms with Crippen LogP contribution in [0.5, 0.6) is 0 Å². The van der Waals surface area contributed by atoms with Crippen molar-refractivity contribution in [2.45, 2.75) is 45.3 Å². The molecular formula is C20H26F2O2. The van der Waals surface area contributed by atoms with Gasteiger partial charge in [-0.3, -0.25) is 0 Å². The van der Waals surface area contributed by atoms with Crippen LogP contribution in [0.15, 0.2) is 30.4 Å². The zero-order chi connectivity index (χ0) is 16.9. The van der Waals surface area contributed by atoms with Crippen LogP contribution in [-0.2, 0) is 9.47 Å². The highest BCUT2D eigenvalue weighted by molar-refractivity contribution is 5.19. The van der Waals surface area contributed by atoms with Gasteiger partial charge in [0.25, 0.3) is 0 Å². The van der Waals surface area contributed by atoms with Crippen molar-refractivity contribution in [1.29, 1.82) is 0 Å². The molecule has 2 aliphatic rings. The van der Waals surface area contributed by atoms with Crippen molar-refractivity contribution in [2.75, 3.05) is 13.2 Å². The summed E-state index contributed by atoms with van der Waals surface area (Å²) >= 11 is 0. The maximum absolute atomic E-state index is 13.3. The van der Waals surface area contributed by atoms with E-state index in [1.807, 2.05) is 0 Å². The summed E-state index contributed by atoms with van der Waals surface area (Å²) in [7, 11) is 0. The van der Waals surface area contributed by atoms with Gasteiger partial charge in [-0.1, -0.05) is 12.2 Å². The fourth-order valence-electron chi connectivity index (χ4n) is 3.92. The molecule has 1 aromatic rings. The van der Waals surface area contributed by atoms with Crippen molar-refractivity contribution in [3.63, 3.8) is 0 Å². The Hall–Kier alpha value is -1.26. The van der Waals surface area contributed by atoms with Gasteiger partial charge in [-0.15, -0.1) is 0 Å². The molecule has 4 heteroatoms. The molecule has 0 bridgehead atoms.